The molecule has 0 saturated heterocycles. The molecule has 4 nitrogen and oxygen atoms in total. The van der Waals surface area contributed by atoms with Crippen molar-refractivity contribution in [3.05, 3.63) is 23.5 Å². The number of halogens is 4. The Kier molecular flexibility index (Phi) is 4.87. The smallest absolute Gasteiger partial charge is 0.350 e. The van der Waals surface area contributed by atoms with Crippen molar-refractivity contribution >= 4 is 5.97 Å². The van der Waals surface area contributed by atoms with Gasteiger partial charge in [-0.15, -0.1) is 0 Å². The van der Waals surface area contributed by atoms with E-state index >= 15 is 0 Å². The number of pyridine rings is 1. The van der Waals surface area contributed by atoms with E-state index in [9.17, 15) is 22.4 Å². The zero-order chi connectivity index (χ0) is 16.3. The number of carbonyl (C=O) groups is 1. The lowest BCUT2D eigenvalue weighted by atomic mass is 9.94. The Balaban J connectivity index is 2.46. The first-order valence-corrected chi connectivity index (χ1v) is 6.88. The van der Waals surface area contributed by atoms with Crippen molar-refractivity contribution in [2.24, 2.45) is 0 Å². The molecule has 0 amide bonds. The topological polar surface area (TPSA) is 48.4 Å². The van der Waals surface area contributed by atoms with Crippen molar-refractivity contribution in [1.29, 1.82) is 0 Å². The molecule has 1 saturated carbocycles. The minimum absolute atomic E-state index is 0.143. The second kappa shape index (κ2) is 6.50. The van der Waals surface area contributed by atoms with Crippen LogP contribution in [0.4, 0.5) is 17.6 Å². The summed E-state index contributed by atoms with van der Waals surface area (Å²) >= 11 is 0. The van der Waals surface area contributed by atoms with Gasteiger partial charge in [-0.05, 0) is 25.7 Å². The summed E-state index contributed by atoms with van der Waals surface area (Å²) in [4.78, 5) is 14.5. The summed E-state index contributed by atoms with van der Waals surface area (Å²) in [6.07, 6.45) is 3.04. The molecule has 0 aliphatic heterocycles. The Hall–Kier alpha value is -1.86. The monoisotopic (exact) mass is 321 g/mol. The zero-order valence-corrected chi connectivity index (χ0v) is 11.9. The molecule has 1 heterocycles. The maximum absolute atomic E-state index is 13.7. The number of nitrogens with zero attached hydrogens (tertiary/aromatic N) is 1. The van der Waals surface area contributed by atoms with Crippen LogP contribution in [0.2, 0.25) is 0 Å². The lowest BCUT2D eigenvalue weighted by Gasteiger charge is -2.30. The van der Waals surface area contributed by atoms with E-state index < -0.39 is 40.8 Å². The Morgan fingerprint density at radius 1 is 1.00 bits per heavy atom. The molecular weight excluding hydrogens is 306 g/mol. The number of methoxy groups -OCH3 is 1. The first kappa shape index (κ1) is 16.5. The van der Waals surface area contributed by atoms with Gasteiger partial charge in [0.05, 0.1) is 7.11 Å². The standard InChI is InChI=1S/C14H15F4NO3/c1-21-13(20)14(6-4-2-3-5-7-14)22-10-8(15)11(17)19-12(18)9(10)16/h2-7H2,1H3. The highest BCUT2D eigenvalue weighted by Gasteiger charge is 2.44. The van der Waals surface area contributed by atoms with Crippen molar-refractivity contribution < 1.29 is 31.8 Å². The van der Waals surface area contributed by atoms with Gasteiger partial charge in [0.15, 0.2) is 0 Å². The van der Waals surface area contributed by atoms with Crippen molar-refractivity contribution in [3.8, 4) is 5.75 Å². The molecule has 0 radical (unpaired) electrons. The number of rotatable bonds is 3. The fourth-order valence-corrected chi connectivity index (χ4v) is 2.59. The fourth-order valence-electron chi connectivity index (χ4n) is 2.59. The molecule has 8 heteroatoms. The first-order valence-electron chi connectivity index (χ1n) is 6.88. The van der Waals surface area contributed by atoms with Crippen LogP contribution in [-0.2, 0) is 9.53 Å². The molecule has 1 aromatic heterocycles. The second-order valence-corrected chi connectivity index (χ2v) is 5.15. The first-order chi connectivity index (χ1) is 10.4. The van der Waals surface area contributed by atoms with Crippen LogP contribution in [0, 0.1) is 23.5 Å². The molecule has 22 heavy (non-hydrogen) atoms. The SMILES string of the molecule is COC(=O)C1(Oc2c(F)c(F)nc(F)c2F)CCCCCC1. The Morgan fingerprint density at radius 3 is 1.95 bits per heavy atom. The van der Waals surface area contributed by atoms with Gasteiger partial charge in [-0.25, -0.2) is 4.79 Å². The molecular formula is C14H15F4NO3. The van der Waals surface area contributed by atoms with Crippen molar-refractivity contribution in [1.82, 2.24) is 4.98 Å². The maximum Gasteiger partial charge on any atom is 0.350 e. The number of hydrogen-bond donors (Lipinski definition) is 0. The summed E-state index contributed by atoms with van der Waals surface area (Å²) in [6.45, 7) is 0. The van der Waals surface area contributed by atoms with E-state index in [2.05, 4.69) is 9.72 Å². The largest absolute Gasteiger partial charge is 0.469 e. The molecule has 0 unspecified atom stereocenters. The number of hydrogen-bond acceptors (Lipinski definition) is 4. The summed E-state index contributed by atoms with van der Waals surface area (Å²) < 4.78 is 63.6. The number of esters is 1. The minimum atomic E-state index is -1.83. The van der Waals surface area contributed by atoms with Crippen LogP contribution < -0.4 is 4.74 Å². The van der Waals surface area contributed by atoms with Crippen LogP contribution in [0.15, 0.2) is 0 Å². The van der Waals surface area contributed by atoms with E-state index in [4.69, 9.17) is 4.74 Å². The van der Waals surface area contributed by atoms with Gasteiger partial charge in [0.25, 0.3) is 11.9 Å². The fraction of sp³-hybridized carbons (Fsp3) is 0.571. The molecule has 0 aromatic carbocycles. The molecule has 1 aliphatic rings. The average Bonchev–Trinajstić information content (AvgIpc) is 2.75. The van der Waals surface area contributed by atoms with Crippen LogP contribution in [0.25, 0.3) is 0 Å². The normalized spacial score (nSPS) is 17.7. The maximum atomic E-state index is 13.7. The van der Waals surface area contributed by atoms with Gasteiger partial charge in [-0.3, -0.25) is 0 Å². The van der Waals surface area contributed by atoms with Gasteiger partial charge in [0.1, 0.15) is 0 Å². The third-order valence-electron chi connectivity index (χ3n) is 3.72. The quantitative estimate of drug-likeness (QED) is 0.371. The van der Waals surface area contributed by atoms with E-state index in [1.807, 2.05) is 0 Å². The van der Waals surface area contributed by atoms with E-state index in [1.54, 1.807) is 0 Å². The summed E-state index contributed by atoms with van der Waals surface area (Å²) in [5.74, 6) is -9.31. The highest BCUT2D eigenvalue weighted by molar-refractivity contribution is 5.80. The zero-order valence-electron chi connectivity index (χ0n) is 11.9. The van der Waals surface area contributed by atoms with Gasteiger partial charge in [-0.1, -0.05) is 12.8 Å². The molecule has 122 valence electrons. The predicted octanol–water partition coefficient (Wildman–Crippen LogP) is 3.28. The molecule has 2 rings (SSSR count). The van der Waals surface area contributed by atoms with E-state index in [-0.39, 0.29) is 12.8 Å². The summed E-state index contributed by atoms with van der Waals surface area (Å²) in [5, 5.41) is 0. The second-order valence-electron chi connectivity index (χ2n) is 5.15. The van der Waals surface area contributed by atoms with Crippen LogP contribution in [0.3, 0.4) is 0 Å². The van der Waals surface area contributed by atoms with Gasteiger partial charge in [-0.2, -0.15) is 22.5 Å². The Bertz CT molecular complexity index is 545. The summed E-state index contributed by atoms with van der Waals surface area (Å²) in [7, 11) is 1.11. The molecule has 0 N–H and O–H groups in total. The predicted molar refractivity (Wildman–Crippen MR) is 67.1 cm³/mol. The van der Waals surface area contributed by atoms with E-state index in [0.29, 0.717) is 12.8 Å². The molecule has 0 bridgehead atoms. The van der Waals surface area contributed by atoms with E-state index in [1.165, 1.54) is 0 Å². The van der Waals surface area contributed by atoms with Crippen LogP contribution >= 0.6 is 0 Å². The average molecular weight is 321 g/mol. The number of carbonyl (C=O) groups excluding carboxylic acids is 1. The molecule has 0 spiro atoms. The molecule has 1 aromatic rings. The van der Waals surface area contributed by atoms with Crippen molar-refractivity contribution in [2.75, 3.05) is 7.11 Å². The summed E-state index contributed by atoms with van der Waals surface area (Å²) in [5.41, 5.74) is -1.66. The highest BCUT2D eigenvalue weighted by Crippen LogP contribution is 2.36. The van der Waals surface area contributed by atoms with Crippen molar-refractivity contribution in [3.63, 3.8) is 0 Å². The molecule has 1 aliphatic carbocycles. The molecule has 0 atom stereocenters. The van der Waals surface area contributed by atoms with Crippen LogP contribution in [-0.4, -0.2) is 23.7 Å². The lowest BCUT2D eigenvalue weighted by molar-refractivity contribution is -0.161. The minimum Gasteiger partial charge on any atom is -0.469 e. The third-order valence-corrected chi connectivity index (χ3v) is 3.72. The van der Waals surface area contributed by atoms with E-state index in [0.717, 1.165) is 20.0 Å². The highest BCUT2D eigenvalue weighted by atomic mass is 19.2. The number of aromatic nitrogens is 1. The van der Waals surface area contributed by atoms with Crippen LogP contribution in [0.1, 0.15) is 38.5 Å². The Morgan fingerprint density at radius 2 is 1.50 bits per heavy atom. The Labute approximate surface area is 124 Å². The molecule has 1 fully saturated rings. The lowest BCUT2D eigenvalue weighted by Crippen LogP contribution is -2.45. The van der Waals surface area contributed by atoms with Crippen LogP contribution in [0.5, 0.6) is 5.75 Å². The van der Waals surface area contributed by atoms with Crippen molar-refractivity contribution in [2.45, 2.75) is 44.1 Å². The van der Waals surface area contributed by atoms with Gasteiger partial charge >= 0.3 is 5.97 Å². The number of ether oxygens (including phenoxy) is 2. The van der Waals surface area contributed by atoms with Gasteiger partial charge < -0.3 is 9.47 Å². The summed E-state index contributed by atoms with van der Waals surface area (Å²) in [6, 6.07) is 0. The van der Waals surface area contributed by atoms with Gasteiger partial charge in [0, 0.05) is 0 Å². The third kappa shape index (κ3) is 3.00. The van der Waals surface area contributed by atoms with Gasteiger partial charge in [0.2, 0.25) is 23.0 Å².